The van der Waals surface area contributed by atoms with E-state index in [-0.39, 0.29) is 12.4 Å². The predicted octanol–water partition coefficient (Wildman–Crippen LogP) is 1.83. The third-order valence-electron chi connectivity index (χ3n) is 4.90. The molecule has 1 aliphatic heterocycles. The lowest BCUT2D eigenvalue weighted by atomic mass is 9.81. The van der Waals surface area contributed by atoms with Gasteiger partial charge in [0.05, 0.1) is 25.4 Å². The average Bonchev–Trinajstić information content (AvgIpc) is 3.01. The SMILES string of the molecule is OC1(Cn2ccc(OCC(F)(F)F)n2)CCC(N2CCOCC2)CC1. The van der Waals surface area contributed by atoms with Gasteiger partial charge in [-0.15, -0.1) is 5.10 Å². The van der Waals surface area contributed by atoms with Crippen LogP contribution in [0.5, 0.6) is 5.88 Å². The highest BCUT2D eigenvalue weighted by molar-refractivity contribution is 5.06. The minimum absolute atomic E-state index is 0.0806. The quantitative estimate of drug-likeness (QED) is 0.865. The molecule has 3 rings (SSSR count). The second kappa shape index (κ2) is 7.51. The van der Waals surface area contributed by atoms with Crippen molar-refractivity contribution in [3.05, 3.63) is 12.3 Å². The summed E-state index contributed by atoms with van der Waals surface area (Å²) in [6.07, 6.45) is 0.239. The molecule has 2 aliphatic rings. The van der Waals surface area contributed by atoms with Crippen LogP contribution >= 0.6 is 0 Å². The van der Waals surface area contributed by atoms with Crippen molar-refractivity contribution in [2.45, 2.75) is 50.0 Å². The van der Waals surface area contributed by atoms with Crippen molar-refractivity contribution < 1.29 is 27.8 Å². The Morgan fingerprint density at radius 1 is 1.28 bits per heavy atom. The first-order chi connectivity index (χ1) is 11.8. The maximum absolute atomic E-state index is 12.2. The van der Waals surface area contributed by atoms with E-state index >= 15 is 0 Å². The highest BCUT2D eigenvalue weighted by Gasteiger charge is 2.36. The van der Waals surface area contributed by atoms with Crippen LogP contribution in [0, 0.1) is 0 Å². The number of aromatic nitrogens is 2. The zero-order valence-corrected chi connectivity index (χ0v) is 14.0. The lowest BCUT2D eigenvalue weighted by Gasteiger charge is -2.42. The molecule has 0 atom stereocenters. The molecule has 0 amide bonds. The maximum Gasteiger partial charge on any atom is 0.422 e. The Labute approximate surface area is 144 Å². The third-order valence-corrected chi connectivity index (χ3v) is 4.90. The summed E-state index contributed by atoms with van der Waals surface area (Å²) in [5.74, 6) is -0.0806. The van der Waals surface area contributed by atoms with E-state index in [1.54, 1.807) is 0 Å². The molecule has 1 saturated heterocycles. The van der Waals surface area contributed by atoms with E-state index in [4.69, 9.17) is 4.74 Å². The molecule has 142 valence electrons. The number of nitrogens with zero attached hydrogens (tertiary/aromatic N) is 3. The molecule has 2 heterocycles. The van der Waals surface area contributed by atoms with E-state index in [9.17, 15) is 18.3 Å². The second-order valence-electron chi connectivity index (χ2n) is 6.86. The molecule has 0 unspecified atom stereocenters. The van der Waals surface area contributed by atoms with Gasteiger partial charge in [0.25, 0.3) is 0 Å². The van der Waals surface area contributed by atoms with E-state index in [1.807, 2.05) is 0 Å². The monoisotopic (exact) mass is 363 g/mol. The first kappa shape index (κ1) is 18.5. The van der Waals surface area contributed by atoms with E-state index in [0.717, 1.165) is 39.1 Å². The van der Waals surface area contributed by atoms with E-state index < -0.39 is 18.4 Å². The molecule has 0 spiro atoms. The van der Waals surface area contributed by atoms with Crippen LogP contribution in [0.1, 0.15) is 25.7 Å². The molecule has 1 aromatic heterocycles. The van der Waals surface area contributed by atoms with Gasteiger partial charge in [0.1, 0.15) is 0 Å². The maximum atomic E-state index is 12.2. The summed E-state index contributed by atoms with van der Waals surface area (Å²) in [6.45, 7) is 2.28. The predicted molar refractivity (Wildman–Crippen MR) is 83.4 cm³/mol. The van der Waals surface area contributed by atoms with Gasteiger partial charge in [-0.25, -0.2) is 0 Å². The topological polar surface area (TPSA) is 59.8 Å². The van der Waals surface area contributed by atoms with E-state index in [2.05, 4.69) is 14.7 Å². The van der Waals surface area contributed by atoms with Crippen LogP contribution in [-0.4, -0.2) is 70.5 Å². The number of hydrogen-bond donors (Lipinski definition) is 1. The molecular weight excluding hydrogens is 339 g/mol. The average molecular weight is 363 g/mol. The van der Waals surface area contributed by atoms with Crippen molar-refractivity contribution in [1.29, 1.82) is 0 Å². The molecule has 9 heteroatoms. The van der Waals surface area contributed by atoms with Crippen LogP contribution in [0.25, 0.3) is 0 Å². The van der Waals surface area contributed by atoms with Gasteiger partial charge < -0.3 is 14.6 Å². The Balaban J connectivity index is 1.49. The fourth-order valence-electron chi connectivity index (χ4n) is 3.57. The van der Waals surface area contributed by atoms with Gasteiger partial charge in [-0.2, -0.15) is 13.2 Å². The van der Waals surface area contributed by atoms with Crippen LogP contribution in [0.2, 0.25) is 0 Å². The van der Waals surface area contributed by atoms with Gasteiger partial charge in [0.15, 0.2) is 6.61 Å². The summed E-state index contributed by atoms with van der Waals surface area (Å²) in [5, 5.41) is 14.8. The number of hydrogen-bond acceptors (Lipinski definition) is 5. The van der Waals surface area contributed by atoms with Gasteiger partial charge in [0.2, 0.25) is 5.88 Å². The molecule has 0 radical (unpaired) electrons. The highest BCUT2D eigenvalue weighted by atomic mass is 19.4. The van der Waals surface area contributed by atoms with Crippen molar-refractivity contribution in [1.82, 2.24) is 14.7 Å². The van der Waals surface area contributed by atoms with Gasteiger partial charge in [-0.05, 0) is 25.7 Å². The van der Waals surface area contributed by atoms with Crippen LogP contribution in [0.15, 0.2) is 12.3 Å². The molecule has 6 nitrogen and oxygen atoms in total. The molecule has 1 aliphatic carbocycles. The summed E-state index contributed by atoms with van der Waals surface area (Å²) < 4.78 is 47.9. The lowest BCUT2D eigenvalue weighted by Crippen LogP contribution is -2.49. The smallest absolute Gasteiger partial charge is 0.422 e. The van der Waals surface area contributed by atoms with Gasteiger partial charge >= 0.3 is 6.18 Å². The number of rotatable bonds is 5. The van der Waals surface area contributed by atoms with E-state index in [0.29, 0.717) is 18.9 Å². The summed E-state index contributed by atoms with van der Waals surface area (Å²) in [4.78, 5) is 2.42. The molecule has 0 bridgehead atoms. The first-order valence-corrected chi connectivity index (χ1v) is 8.60. The van der Waals surface area contributed by atoms with Crippen molar-refractivity contribution in [3.63, 3.8) is 0 Å². The van der Waals surface area contributed by atoms with E-state index in [1.165, 1.54) is 16.9 Å². The van der Waals surface area contributed by atoms with Crippen LogP contribution in [0.4, 0.5) is 13.2 Å². The van der Waals surface area contributed by atoms with Crippen molar-refractivity contribution in [2.75, 3.05) is 32.9 Å². The molecule has 25 heavy (non-hydrogen) atoms. The lowest BCUT2D eigenvalue weighted by molar-refractivity contribution is -0.154. The Hall–Kier alpha value is -1.32. The van der Waals surface area contributed by atoms with Crippen molar-refractivity contribution in [2.24, 2.45) is 0 Å². The third kappa shape index (κ3) is 5.32. The summed E-state index contributed by atoms with van der Waals surface area (Å²) in [6, 6.07) is 1.85. The fraction of sp³-hybridized carbons (Fsp3) is 0.812. The van der Waals surface area contributed by atoms with Crippen molar-refractivity contribution >= 4 is 0 Å². The fourth-order valence-corrected chi connectivity index (χ4v) is 3.57. The Bertz CT molecular complexity index is 550. The summed E-state index contributed by atoms with van der Waals surface area (Å²) >= 11 is 0. The molecule has 2 fully saturated rings. The Kier molecular flexibility index (Phi) is 5.55. The first-order valence-electron chi connectivity index (χ1n) is 8.60. The summed E-state index contributed by atoms with van der Waals surface area (Å²) in [7, 11) is 0. The van der Waals surface area contributed by atoms with Crippen molar-refractivity contribution in [3.8, 4) is 5.88 Å². The standard InChI is InChI=1S/C16H24F3N3O3/c17-16(18,19)12-25-14-3-6-22(20-14)11-15(23)4-1-13(2-5-15)21-7-9-24-10-8-21/h3,6,13,23H,1-2,4-5,7-12H2. The number of alkyl halides is 3. The Morgan fingerprint density at radius 3 is 2.60 bits per heavy atom. The number of morpholine rings is 1. The number of halogens is 3. The van der Waals surface area contributed by atoms with Gasteiger partial charge in [0, 0.05) is 31.4 Å². The zero-order valence-electron chi connectivity index (χ0n) is 14.0. The molecule has 0 aromatic carbocycles. The minimum atomic E-state index is -4.39. The van der Waals surface area contributed by atoms with Crippen LogP contribution in [0.3, 0.4) is 0 Å². The molecular formula is C16H24F3N3O3. The van der Waals surface area contributed by atoms with Crippen LogP contribution in [-0.2, 0) is 11.3 Å². The second-order valence-corrected chi connectivity index (χ2v) is 6.86. The molecule has 1 N–H and O–H groups in total. The van der Waals surface area contributed by atoms with Gasteiger partial charge in [-0.3, -0.25) is 9.58 Å². The normalized spacial score (nSPS) is 28.9. The number of ether oxygens (including phenoxy) is 2. The molecule has 1 aromatic rings. The number of aliphatic hydroxyl groups is 1. The zero-order chi connectivity index (χ0) is 17.9. The molecule has 1 saturated carbocycles. The minimum Gasteiger partial charge on any atom is -0.467 e. The van der Waals surface area contributed by atoms with Crippen LogP contribution < -0.4 is 4.74 Å². The largest absolute Gasteiger partial charge is 0.467 e. The highest BCUT2D eigenvalue weighted by Crippen LogP contribution is 2.32. The summed E-state index contributed by atoms with van der Waals surface area (Å²) in [5.41, 5.74) is -0.879. The Morgan fingerprint density at radius 2 is 1.96 bits per heavy atom. The van der Waals surface area contributed by atoms with Gasteiger partial charge in [-0.1, -0.05) is 0 Å².